The van der Waals surface area contributed by atoms with Gasteiger partial charge in [-0.1, -0.05) is 12.1 Å². The first-order valence-electron chi connectivity index (χ1n) is 6.00. The van der Waals surface area contributed by atoms with Crippen LogP contribution >= 0.6 is 0 Å². The molecule has 0 aliphatic heterocycles. The Balaban J connectivity index is 2.25. The topological polar surface area (TPSA) is 38.9 Å². The van der Waals surface area contributed by atoms with Gasteiger partial charge in [-0.3, -0.25) is 4.98 Å². The third-order valence-corrected chi connectivity index (χ3v) is 3.17. The molecule has 2 aromatic rings. The molecule has 0 spiro atoms. The summed E-state index contributed by atoms with van der Waals surface area (Å²) in [6, 6.07) is 8.41. The van der Waals surface area contributed by atoms with Crippen molar-refractivity contribution in [2.24, 2.45) is 5.73 Å². The van der Waals surface area contributed by atoms with Crippen molar-refractivity contribution in [1.29, 1.82) is 0 Å². The van der Waals surface area contributed by atoms with E-state index < -0.39 is 0 Å². The summed E-state index contributed by atoms with van der Waals surface area (Å²) in [5.41, 5.74) is 10.1. The van der Waals surface area contributed by atoms with E-state index in [0.717, 1.165) is 22.4 Å². The molecule has 18 heavy (non-hydrogen) atoms. The Hall–Kier alpha value is -1.74. The molecule has 0 fully saturated rings. The second-order valence-electron chi connectivity index (χ2n) is 4.58. The van der Waals surface area contributed by atoms with E-state index in [1.165, 1.54) is 12.1 Å². The summed E-state index contributed by atoms with van der Waals surface area (Å²) in [6.07, 6.45) is 2.38. The molecular weight excluding hydrogens is 227 g/mol. The lowest BCUT2D eigenvalue weighted by atomic mass is 9.97. The highest BCUT2D eigenvalue weighted by Crippen LogP contribution is 2.21. The number of nitrogens with zero attached hydrogens (tertiary/aromatic N) is 1. The fourth-order valence-electron chi connectivity index (χ4n) is 2.06. The van der Waals surface area contributed by atoms with Crippen molar-refractivity contribution in [2.45, 2.75) is 26.3 Å². The first-order valence-corrected chi connectivity index (χ1v) is 6.00. The third kappa shape index (κ3) is 2.74. The molecule has 0 amide bonds. The van der Waals surface area contributed by atoms with Crippen molar-refractivity contribution in [3.05, 3.63) is 64.7 Å². The molecule has 94 valence electrons. The molecule has 1 heterocycles. The summed E-state index contributed by atoms with van der Waals surface area (Å²) in [5, 5.41) is 0. The summed E-state index contributed by atoms with van der Waals surface area (Å²) in [6.45, 7) is 3.95. The zero-order valence-corrected chi connectivity index (χ0v) is 10.7. The molecule has 1 aromatic carbocycles. The zero-order valence-electron chi connectivity index (χ0n) is 10.7. The SMILES string of the molecule is Cc1ccc(F)cc1C(N)Cc1ncccc1C. The first kappa shape index (κ1) is 12.7. The Morgan fingerprint density at radius 3 is 2.72 bits per heavy atom. The standard InChI is InChI=1S/C15H17FN2/c1-10-5-6-12(16)8-13(10)14(17)9-15-11(2)4-3-7-18-15/h3-8,14H,9,17H2,1-2H3. The minimum absolute atomic E-state index is 0.228. The molecule has 0 radical (unpaired) electrons. The molecule has 2 rings (SSSR count). The Morgan fingerprint density at radius 2 is 2.00 bits per heavy atom. The van der Waals surface area contributed by atoms with E-state index in [9.17, 15) is 4.39 Å². The predicted octanol–water partition coefficient (Wildman–Crippen LogP) is 3.08. The van der Waals surface area contributed by atoms with Crippen molar-refractivity contribution >= 4 is 0 Å². The van der Waals surface area contributed by atoms with Gasteiger partial charge in [0, 0.05) is 24.4 Å². The number of aromatic nitrogens is 1. The van der Waals surface area contributed by atoms with E-state index in [-0.39, 0.29) is 11.9 Å². The molecule has 0 saturated carbocycles. The van der Waals surface area contributed by atoms with Gasteiger partial charge in [0.1, 0.15) is 5.82 Å². The van der Waals surface area contributed by atoms with Crippen molar-refractivity contribution in [2.75, 3.05) is 0 Å². The van der Waals surface area contributed by atoms with Crippen LogP contribution in [0.15, 0.2) is 36.5 Å². The minimum atomic E-state index is -0.246. The van der Waals surface area contributed by atoms with Crippen LogP contribution in [-0.4, -0.2) is 4.98 Å². The van der Waals surface area contributed by atoms with Gasteiger partial charge in [-0.15, -0.1) is 0 Å². The number of hydrogen-bond acceptors (Lipinski definition) is 2. The van der Waals surface area contributed by atoms with Gasteiger partial charge in [-0.05, 0) is 48.7 Å². The lowest BCUT2D eigenvalue weighted by Gasteiger charge is -2.15. The van der Waals surface area contributed by atoms with E-state index in [4.69, 9.17) is 5.73 Å². The molecule has 2 nitrogen and oxygen atoms in total. The fourth-order valence-corrected chi connectivity index (χ4v) is 2.06. The third-order valence-electron chi connectivity index (χ3n) is 3.17. The molecule has 0 aliphatic carbocycles. The van der Waals surface area contributed by atoms with Crippen LogP contribution in [-0.2, 0) is 6.42 Å². The number of rotatable bonds is 3. The van der Waals surface area contributed by atoms with Crippen LogP contribution in [0.5, 0.6) is 0 Å². The highest BCUT2D eigenvalue weighted by atomic mass is 19.1. The second-order valence-corrected chi connectivity index (χ2v) is 4.58. The Bertz CT molecular complexity index is 552. The number of hydrogen-bond donors (Lipinski definition) is 1. The van der Waals surface area contributed by atoms with Gasteiger partial charge < -0.3 is 5.73 Å². The zero-order chi connectivity index (χ0) is 13.1. The van der Waals surface area contributed by atoms with Crippen LogP contribution in [0.3, 0.4) is 0 Å². The molecule has 1 aromatic heterocycles. The van der Waals surface area contributed by atoms with Crippen LogP contribution in [0.2, 0.25) is 0 Å². The number of aryl methyl sites for hydroxylation is 2. The fraction of sp³-hybridized carbons (Fsp3) is 0.267. The van der Waals surface area contributed by atoms with Gasteiger partial charge in [-0.25, -0.2) is 4.39 Å². The summed E-state index contributed by atoms with van der Waals surface area (Å²) in [7, 11) is 0. The van der Waals surface area contributed by atoms with Crippen LogP contribution in [0, 0.1) is 19.7 Å². The number of halogens is 1. The van der Waals surface area contributed by atoms with Crippen molar-refractivity contribution in [3.8, 4) is 0 Å². The molecule has 1 unspecified atom stereocenters. The summed E-state index contributed by atoms with van der Waals surface area (Å²) in [5.74, 6) is -0.246. The number of nitrogens with two attached hydrogens (primary N) is 1. The minimum Gasteiger partial charge on any atom is -0.324 e. The summed E-state index contributed by atoms with van der Waals surface area (Å²) < 4.78 is 13.3. The highest BCUT2D eigenvalue weighted by molar-refractivity contribution is 5.31. The smallest absolute Gasteiger partial charge is 0.123 e. The molecule has 1 atom stereocenters. The van der Waals surface area contributed by atoms with Gasteiger partial charge in [0.05, 0.1) is 0 Å². The van der Waals surface area contributed by atoms with Gasteiger partial charge in [0.2, 0.25) is 0 Å². The van der Waals surface area contributed by atoms with Gasteiger partial charge in [0.25, 0.3) is 0 Å². The maximum Gasteiger partial charge on any atom is 0.123 e. The molecule has 0 saturated heterocycles. The van der Waals surface area contributed by atoms with Crippen molar-refractivity contribution in [1.82, 2.24) is 4.98 Å². The lowest BCUT2D eigenvalue weighted by Crippen LogP contribution is -2.16. The monoisotopic (exact) mass is 244 g/mol. The summed E-state index contributed by atoms with van der Waals surface area (Å²) in [4.78, 5) is 4.32. The number of benzene rings is 1. The lowest BCUT2D eigenvalue weighted by molar-refractivity contribution is 0.616. The van der Waals surface area contributed by atoms with E-state index >= 15 is 0 Å². The molecule has 3 heteroatoms. The Kier molecular flexibility index (Phi) is 3.72. The van der Waals surface area contributed by atoms with Gasteiger partial charge >= 0.3 is 0 Å². The van der Waals surface area contributed by atoms with E-state index in [1.807, 2.05) is 26.0 Å². The first-order chi connectivity index (χ1) is 8.58. The van der Waals surface area contributed by atoms with Crippen LogP contribution in [0.1, 0.15) is 28.4 Å². The molecule has 2 N–H and O–H groups in total. The Labute approximate surface area is 107 Å². The van der Waals surface area contributed by atoms with Crippen molar-refractivity contribution < 1.29 is 4.39 Å². The largest absolute Gasteiger partial charge is 0.324 e. The van der Waals surface area contributed by atoms with Crippen molar-refractivity contribution in [3.63, 3.8) is 0 Å². The average Bonchev–Trinajstić information content (AvgIpc) is 2.35. The normalized spacial score (nSPS) is 12.4. The molecule has 0 aliphatic rings. The average molecular weight is 244 g/mol. The maximum absolute atomic E-state index is 13.3. The van der Waals surface area contributed by atoms with E-state index in [2.05, 4.69) is 4.98 Å². The quantitative estimate of drug-likeness (QED) is 0.901. The van der Waals surface area contributed by atoms with Crippen LogP contribution < -0.4 is 5.73 Å². The van der Waals surface area contributed by atoms with E-state index in [0.29, 0.717) is 6.42 Å². The van der Waals surface area contributed by atoms with Crippen LogP contribution in [0.25, 0.3) is 0 Å². The summed E-state index contributed by atoms with van der Waals surface area (Å²) >= 11 is 0. The van der Waals surface area contributed by atoms with Gasteiger partial charge in [-0.2, -0.15) is 0 Å². The van der Waals surface area contributed by atoms with Gasteiger partial charge in [0.15, 0.2) is 0 Å². The predicted molar refractivity (Wildman–Crippen MR) is 70.7 cm³/mol. The molecular formula is C15H17FN2. The highest BCUT2D eigenvalue weighted by Gasteiger charge is 2.12. The Morgan fingerprint density at radius 1 is 1.22 bits per heavy atom. The maximum atomic E-state index is 13.3. The van der Waals surface area contributed by atoms with E-state index in [1.54, 1.807) is 12.3 Å². The number of pyridine rings is 1. The second kappa shape index (κ2) is 5.27. The van der Waals surface area contributed by atoms with Crippen LogP contribution in [0.4, 0.5) is 4.39 Å². The molecule has 0 bridgehead atoms.